The van der Waals surface area contributed by atoms with E-state index in [-0.39, 0.29) is 42.3 Å². The highest BCUT2D eigenvalue weighted by Gasteiger charge is 2.42. The Morgan fingerprint density at radius 1 is 1.24 bits per heavy atom. The van der Waals surface area contributed by atoms with Gasteiger partial charge in [-0.2, -0.15) is 0 Å². The number of carbonyl (C=O) groups is 3. The molecule has 7 heteroatoms. The Kier molecular flexibility index (Phi) is 5.67. The highest BCUT2D eigenvalue weighted by atomic mass is 32.1. The number of ether oxygens (including phenoxy) is 1. The summed E-state index contributed by atoms with van der Waals surface area (Å²) < 4.78 is 6.43. The number of para-hydroxylation sites is 1. The minimum absolute atomic E-state index is 0.00233. The summed E-state index contributed by atoms with van der Waals surface area (Å²) in [6, 6.07) is 7.67. The minimum Gasteiger partial charge on any atom is -0.455 e. The molecular formula is C22H26N2O4S. The Bertz CT molecular complexity index is 891. The second-order valence-corrected chi connectivity index (χ2v) is 9.27. The minimum atomic E-state index is -0.344. The van der Waals surface area contributed by atoms with Gasteiger partial charge in [-0.1, -0.05) is 18.6 Å². The van der Waals surface area contributed by atoms with Gasteiger partial charge < -0.3 is 9.64 Å². The zero-order valence-corrected chi connectivity index (χ0v) is 17.6. The van der Waals surface area contributed by atoms with E-state index in [2.05, 4.69) is 4.98 Å². The number of likely N-dealkylation sites (N-methyl/N-ethyl adjacent to an activating group) is 1. The molecule has 2 bridgehead atoms. The average molecular weight is 415 g/mol. The summed E-state index contributed by atoms with van der Waals surface area (Å²) in [5, 5.41) is 0.854. The lowest BCUT2D eigenvalue weighted by Crippen LogP contribution is -2.40. The molecule has 2 fully saturated rings. The number of esters is 1. The van der Waals surface area contributed by atoms with Crippen molar-refractivity contribution in [2.45, 2.75) is 45.1 Å². The molecular weight excluding hydrogens is 388 g/mol. The van der Waals surface area contributed by atoms with Crippen LogP contribution >= 0.6 is 11.3 Å². The zero-order chi connectivity index (χ0) is 20.5. The van der Waals surface area contributed by atoms with Gasteiger partial charge in [-0.15, -0.1) is 11.3 Å². The van der Waals surface area contributed by atoms with Crippen LogP contribution in [0.15, 0.2) is 24.3 Å². The number of benzene rings is 1. The molecule has 2 aliphatic rings. The van der Waals surface area contributed by atoms with Crippen LogP contribution in [0.25, 0.3) is 10.2 Å². The fraction of sp³-hybridized carbons (Fsp3) is 0.545. The Balaban J connectivity index is 1.32. The Morgan fingerprint density at radius 2 is 1.93 bits per heavy atom. The monoisotopic (exact) mass is 414 g/mol. The number of carbonyl (C=O) groups excluding carboxylic acids is 3. The maximum Gasteiger partial charge on any atom is 0.309 e. The van der Waals surface area contributed by atoms with Crippen molar-refractivity contribution in [2.24, 2.45) is 17.8 Å². The number of ketones is 1. The molecule has 1 amide bonds. The van der Waals surface area contributed by atoms with Gasteiger partial charge in [0.25, 0.3) is 5.91 Å². The summed E-state index contributed by atoms with van der Waals surface area (Å²) in [4.78, 5) is 43.5. The van der Waals surface area contributed by atoms with Gasteiger partial charge in [0.15, 0.2) is 6.61 Å². The number of fused-ring (bicyclic) bond motifs is 3. The highest BCUT2D eigenvalue weighted by Crippen LogP contribution is 2.40. The first kappa shape index (κ1) is 20.0. The lowest BCUT2D eigenvalue weighted by molar-refractivity contribution is -0.159. The van der Waals surface area contributed by atoms with Gasteiger partial charge in [0.2, 0.25) is 0 Å². The molecule has 0 aliphatic heterocycles. The van der Waals surface area contributed by atoms with E-state index in [1.807, 2.05) is 31.2 Å². The Labute approximate surface area is 174 Å². The fourth-order valence-corrected chi connectivity index (χ4v) is 5.54. The molecule has 0 radical (unpaired) electrons. The second kappa shape index (κ2) is 8.22. The van der Waals surface area contributed by atoms with Crippen LogP contribution < -0.4 is 0 Å². The molecule has 2 saturated carbocycles. The van der Waals surface area contributed by atoms with Crippen molar-refractivity contribution in [3.05, 3.63) is 29.3 Å². The van der Waals surface area contributed by atoms with Gasteiger partial charge in [0.1, 0.15) is 10.8 Å². The molecule has 29 heavy (non-hydrogen) atoms. The fourth-order valence-electron chi connectivity index (χ4n) is 4.47. The molecule has 2 aliphatic carbocycles. The smallest absolute Gasteiger partial charge is 0.309 e. The third kappa shape index (κ3) is 4.06. The van der Waals surface area contributed by atoms with Crippen molar-refractivity contribution in [1.82, 2.24) is 9.88 Å². The third-order valence-electron chi connectivity index (χ3n) is 6.36. The Morgan fingerprint density at radius 3 is 2.62 bits per heavy atom. The van der Waals surface area contributed by atoms with Crippen molar-refractivity contribution >= 4 is 39.2 Å². The van der Waals surface area contributed by atoms with Gasteiger partial charge in [-0.3, -0.25) is 14.4 Å². The number of aromatic nitrogens is 1. The first-order chi connectivity index (χ1) is 13.9. The number of hydrogen-bond donors (Lipinski definition) is 0. The zero-order valence-electron chi connectivity index (χ0n) is 16.8. The molecule has 0 saturated heterocycles. The lowest BCUT2D eigenvalue weighted by Gasteiger charge is -2.36. The predicted molar refractivity (Wildman–Crippen MR) is 110 cm³/mol. The number of thiazole rings is 1. The first-order valence-electron chi connectivity index (χ1n) is 10.3. The van der Waals surface area contributed by atoms with Gasteiger partial charge in [0.05, 0.1) is 22.2 Å². The average Bonchev–Trinajstić information content (AvgIpc) is 3.14. The van der Waals surface area contributed by atoms with Crippen LogP contribution in [0.4, 0.5) is 0 Å². The number of hydrogen-bond acceptors (Lipinski definition) is 6. The molecule has 1 aromatic heterocycles. The van der Waals surface area contributed by atoms with E-state index in [1.165, 1.54) is 0 Å². The molecule has 1 heterocycles. The largest absolute Gasteiger partial charge is 0.455 e. The molecule has 154 valence electrons. The molecule has 4 atom stereocenters. The summed E-state index contributed by atoms with van der Waals surface area (Å²) in [6.45, 7) is 1.65. The van der Waals surface area contributed by atoms with Crippen molar-refractivity contribution in [3.63, 3.8) is 0 Å². The van der Waals surface area contributed by atoms with Crippen molar-refractivity contribution < 1.29 is 19.1 Å². The topological polar surface area (TPSA) is 76.6 Å². The number of rotatable bonds is 5. The Hall–Kier alpha value is -2.28. The van der Waals surface area contributed by atoms with E-state index in [0.29, 0.717) is 18.6 Å². The molecule has 1 aromatic carbocycles. The van der Waals surface area contributed by atoms with Crippen molar-refractivity contribution in [1.29, 1.82) is 0 Å². The summed E-state index contributed by atoms with van der Waals surface area (Å²) in [6.07, 6.45) is 3.96. The van der Waals surface area contributed by atoms with Crippen LogP contribution in [-0.4, -0.2) is 41.2 Å². The molecule has 6 nitrogen and oxygen atoms in total. The van der Waals surface area contributed by atoms with E-state index in [1.54, 1.807) is 23.3 Å². The molecule has 4 rings (SSSR count). The van der Waals surface area contributed by atoms with Gasteiger partial charge in [0, 0.05) is 18.9 Å². The van der Waals surface area contributed by atoms with E-state index in [9.17, 15) is 14.4 Å². The van der Waals surface area contributed by atoms with E-state index in [0.717, 1.165) is 34.5 Å². The van der Waals surface area contributed by atoms with Crippen LogP contribution in [-0.2, 0) is 19.1 Å². The van der Waals surface area contributed by atoms with Gasteiger partial charge in [-0.05, 0) is 44.7 Å². The first-order valence-corrected chi connectivity index (χ1v) is 11.1. The van der Waals surface area contributed by atoms with Gasteiger partial charge >= 0.3 is 5.97 Å². The highest BCUT2D eigenvalue weighted by molar-refractivity contribution is 7.18. The number of amides is 1. The van der Waals surface area contributed by atoms with E-state index in [4.69, 9.17) is 4.74 Å². The lowest BCUT2D eigenvalue weighted by atomic mass is 9.67. The second-order valence-electron chi connectivity index (χ2n) is 8.20. The normalized spacial score (nSPS) is 24.9. The molecule has 0 N–H and O–H groups in total. The van der Waals surface area contributed by atoms with Crippen molar-refractivity contribution in [3.8, 4) is 0 Å². The molecule has 1 unspecified atom stereocenters. The third-order valence-corrected chi connectivity index (χ3v) is 7.57. The summed E-state index contributed by atoms with van der Waals surface area (Å²) in [5.74, 6) is -0.542. The summed E-state index contributed by atoms with van der Waals surface area (Å²) in [5.41, 5.74) is 0.920. The van der Waals surface area contributed by atoms with Crippen LogP contribution in [0.3, 0.4) is 0 Å². The van der Waals surface area contributed by atoms with Crippen LogP contribution in [0.1, 0.15) is 50.1 Å². The number of nitrogens with zero attached hydrogens (tertiary/aromatic N) is 2. The predicted octanol–water partition coefficient (Wildman–Crippen LogP) is 3.75. The standard InChI is InChI=1S/C22H26N2O4S/c1-13(21-23-17-8-3-4-9-18(17)29-21)24(2)19(25)12-28-22(27)16-10-14-6-5-7-15(11-16)20(14)26/h3-4,8-9,13-16H,5-7,10-12H2,1-2H3/t13-,14-,15+,16?/m0/s1. The van der Waals surface area contributed by atoms with Crippen LogP contribution in [0.2, 0.25) is 0 Å². The number of Topliss-reactive ketones (excluding diaryl/α,β-unsaturated/α-hetero) is 1. The van der Waals surface area contributed by atoms with Crippen LogP contribution in [0, 0.1) is 17.8 Å². The van der Waals surface area contributed by atoms with E-state index >= 15 is 0 Å². The summed E-state index contributed by atoms with van der Waals surface area (Å²) in [7, 11) is 1.70. The summed E-state index contributed by atoms with van der Waals surface area (Å²) >= 11 is 1.56. The quantitative estimate of drug-likeness (QED) is 0.697. The maximum atomic E-state index is 12.6. The SMILES string of the molecule is C[C@@H](c1nc2ccccc2s1)N(C)C(=O)COC(=O)C1C[C@H]2CCC[C@@H](C1)C2=O. The molecule has 2 aromatic rings. The van der Waals surface area contributed by atoms with E-state index < -0.39 is 0 Å². The molecule has 0 spiro atoms. The maximum absolute atomic E-state index is 12.6. The van der Waals surface area contributed by atoms with Crippen LogP contribution in [0.5, 0.6) is 0 Å². The van der Waals surface area contributed by atoms with Gasteiger partial charge in [-0.25, -0.2) is 4.98 Å². The van der Waals surface area contributed by atoms with Crippen molar-refractivity contribution in [2.75, 3.05) is 13.7 Å².